The fourth-order valence-corrected chi connectivity index (χ4v) is 1.81. The molecule has 0 bridgehead atoms. The fraction of sp³-hybridized carbons (Fsp3) is 0.231. The van der Waals surface area contributed by atoms with Gasteiger partial charge in [-0.3, -0.25) is 4.57 Å². The third-order valence-electron chi connectivity index (χ3n) is 2.70. The number of ether oxygens (including phenoxy) is 1. The molecular weight excluding hydrogens is 232 g/mol. The summed E-state index contributed by atoms with van der Waals surface area (Å²) in [6.45, 7) is 3.72. The first-order chi connectivity index (χ1) is 8.52. The first-order valence-corrected chi connectivity index (χ1v) is 5.47. The van der Waals surface area contributed by atoms with Gasteiger partial charge in [-0.1, -0.05) is 6.07 Å². The molecule has 0 atom stereocenters. The molecule has 0 aliphatic rings. The topological polar surface area (TPSA) is 64.3 Å². The van der Waals surface area contributed by atoms with Crippen LogP contribution in [0.2, 0.25) is 0 Å². The van der Waals surface area contributed by atoms with Gasteiger partial charge in [0.25, 0.3) is 0 Å². The molecular formula is C13H14N2O3. The summed E-state index contributed by atoms with van der Waals surface area (Å²) in [6, 6.07) is 5.72. The van der Waals surface area contributed by atoms with Crippen LogP contribution in [0.25, 0.3) is 5.69 Å². The molecule has 0 fully saturated rings. The lowest BCUT2D eigenvalue weighted by Crippen LogP contribution is -1.99. The SMILES string of the molecule is COc1ccc(C)cc1-n1cc(C(=O)O)nc1C. The van der Waals surface area contributed by atoms with Crippen LogP contribution in [0.5, 0.6) is 5.75 Å². The van der Waals surface area contributed by atoms with Crippen LogP contribution in [-0.4, -0.2) is 27.7 Å². The average molecular weight is 246 g/mol. The number of benzene rings is 1. The molecule has 0 aliphatic heterocycles. The first kappa shape index (κ1) is 12.2. The Bertz CT molecular complexity index is 602. The third kappa shape index (κ3) is 2.07. The van der Waals surface area contributed by atoms with Crippen molar-refractivity contribution >= 4 is 5.97 Å². The quantitative estimate of drug-likeness (QED) is 0.901. The standard InChI is InChI=1S/C13H14N2O3/c1-8-4-5-12(18-3)11(6-8)15-7-10(13(16)17)14-9(15)2/h4-7H,1-3H3,(H,16,17). The third-order valence-corrected chi connectivity index (χ3v) is 2.70. The average Bonchev–Trinajstić information content (AvgIpc) is 2.71. The van der Waals surface area contributed by atoms with Crippen molar-refractivity contribution in [3.05, 3.63) is 41.5 Å². The Labute approximate surface area is 105 Å². The number of methoxy groups -OCH3 is 1. The molecule has 18 heavy (non-hydrogen) atoms. The number of rotatable bonds is 3. The maximum atomic E-state index is 10.9. The zero-order valence-electron chi connectivity index (χ0n) is 10.5. The maximum absolute atomic E-state index is 10.9. The van der Waals surface area contributed by atoms with Gasteiger partial charge in [0, 0.05) is 6.20 Å². The largest absolute Gasteiger partial charge is 0.495 e. The number of aromatic carboxylic acids is 1. The molecule has 5 nitrogen and oxygen atoms in total. The van der Waals surface area contributed by atoms with Gasteiger partial charge in [-0.05, 0) is 31.5 Å². The van der Waals surface area contributed by atoms with E-state index in [1.54, 1.807) is 18.6 Å². The first-order valence-electron chi connectivity index (χ1n) is 5.47. The minimum absolute atomic E-state index is 0.0241. The summed E-state index contributed by atoms with van der Waals surface area (Å²) in [5.74, 6) is 0.248. The minimum atomic E-state index is -1.04. The van der Waals surface area contributed by atoms with Crippen LogP contribution in [0.15, 0.2) is 24.4 Å². The highest BCUT2D eigenvalue weighted by atomic mass is 16.5. The monoisotopic (exact) mass is 246 g/mol. The highest BCUT2D eigenvalue weighted by Crippen LogP contribution is 2.25. The lowest BCUT2D eigenvalue weighted by molar-refractivity contribution is 0.0691. The smallest absolute Gasteiger partial charge is 0.356 e. The summed E-state index contributed by atoms with van der Waals surface area (Å²) < 4.78 is 7.00. The zero-order valence-corrected chi connectivity index (χ0v) is 10.5. The second-order valence-electron chi connectivity index (χ2n) is 4.02. The van der Waals surface area contributed by atoms with Gasteiger partial charge in [0.1, 0.15) is 11.6 Å². The van der Waals surface area contributed by atoms with Crippen LogP contribution in [-0.2, 0) is 0 Å². The molecule has 0 saturated heterocycles. The molecule has 0 saturated carbocycles. The Morgan fingerprint density at radius 1 is 1.39 bits per heavy atom. The Morgan fingerprint density at radius 2 is 2.11 bits per heavy atom. The van der Waals surface area contributed by atoms with Gasteiger partial charge in [0.15, 0.2) is 5.69 Å². The predicted octanol–water partition coefficient (Wildman–Crippen LogP) is 2.20. The van der Waals surface area contributed by atoms with Crippen LogP contribution >= 0.6 is 0 Å². The molecule has 2 rings (SSSR count). The van der Waals surface area contributed by atoms with E-state index in [0.717, 1.165) is 11.3 Å². The number of aromatic nitrogens is 2. The Kier molecular flexibility index (Phi) is 3.06. The Morgan fingerprint density at radius 3 is 2.67 bits per heavy atom. The second kappa shape index (κ2) is 4.52. The van der Waals surface area contributed by atoms with Gasteiger partial charge in [-0.25, -0.2) is 9.78 Å². The number of hydrogen-bond donors (Lipinski definition) is 1. The molecule has 0 aliphatic carbocycles. The predicted molar refractivity (Wildman–Crippen MR) is 66.5 cm³/mol. The summed E-state index contributed by atoms with van der Waals surface area (Å²) in [6.07, 6.45) is 1.50. The number of carboxylic acids is 1. The van der Waals surface area contributed by atoms with E-state index in [2.05, 4.69) is 4.98 Å². The van der Waals surface area contributed by atoms with E-state index in [4.69, 9.17) is 9.84 Å². The summed E-state index contributed by atoms with van der Waals surface area (Å²) in [7, 11) is 1.58. The van der Waals surface area contributed by atoms with Gasteiger partial charge >= 0.3 is 5.97 Å². The number of imidazole rings is 1. The normalized spacial score (nSPS) is 10.4. The van der Waals surface area contributed by atoms with Crippen molar-refractivity contribution in [2.75, 3.05) is 7.11 Å². The second-order valence-corrected chi connectivity index (χ2v) is 4.02. The van der Waals surface area contributed by atoms with E-state index in [1.165, 1.54) is 6.20 Å². The van der Waals surface area contributed by atoms with Crippen molar-refractivity contribution in [2.45, 2.75) is 13.8 Å². The number of hydrogen-bond acceptors (Lipinski definition) is 3. The van der Waals surface area contributed by atoms with Crippen molar-refractivity contribution < 1.29 is 14.6 Å². The molecule has 1 aromatic carbocycles. The van der Waals surface area contributed by atoms with Gasteiger partial charge in [0.05, 0.1) is 12.8 Å². The van der Waals surface area contributed by atoms with Crippen molar-refractivity contribution in [3.63, 3.8) is 0 Å². The lowest BCUT2D eigenvalue weighted by atomic mass is 10.2. The number of aryl methyl sites for hydroxylation is 2. The van der Waals surface area contributed by atoms with Gasteiger partial charge in [-0.15, -0.1) is 0 Å². The van der Waals surface area contributed by atoms with Gasteiger partial charge < -0.3 is 9.84 Å². The molecule has 0 radical (unpaired) electrons. The Hall–Kier alpha value is -2.30. The van der Waals surface area contributed by atoms with Crippen molar-refractivity contribution in [1.82, 2.24) is 9.55 Å². The van der Waals surface area contributed by atoms with Crippen molar-refractivity contribution in [1.29, 1.82) is 0 Å². The highest BCUT2D eigenvalue weighted by Gasteiger charge is 2.14. The molecule has 0 unspecified atom stereocenters. The van der Waals surface area contributed by atoms with Gasteiger partial charge in [0.2, 0.25) is 0 Å². The van der Waals surface area contributed by atoms with Gasteiger partial charge in [-0.2, -0.15) is 0 Å². The van der Waals surface area contributed by atoms with Crippen LogP contribution < -0.4 is 4.74 Å². The molecule has 94 valence electrons. The van der Waals surface area contributed by atoms with E-state index < -0.39 is 5.97 Å². The Balaban J connectivity index is 2.60. The number of carbonyl (C=O) groups is 1. The van der Waals surface area contributed by atoms with E-state index in [0.29, 0.717) is 11.6 Å². The molecule has 1 heterocycles. The zero-order chi connectivity index (χ0) is 13.3. The molecule has 1 aromatic heterocycles. The number of carboxylic acid groups (broad SMARTS) is 1. The van der Waals surface area contributed by atoms with Crippen LogP contribution in [0.3, 0.4) is 0 Å². The summed E-state index contributed by atoms with van der Waals surface area (Å²) in [5, 5.41) is 8.94. The molecule has 2 aromatic rings. The number of nitrogens with zero attached hydrogens (tertiary/aromatic N) is 2. The molecule has 0 amide bonds. The maximum Gasteiger partial charge on any atom is 0.356 e. The highest BCUT2D eigenvalue weighted by molar-refractivity contribution is 5.85. The van der Waals surface area contributed by atoms with E-state index >= 15 is 0 Å². The minimum Gasteiger partial charge on any atom is -0.495 e. The fourth-order valence-electron chi connectivity index (χ4n) is 1.81. The lowest BCUT2D eigenvalue weighted by Gasteiger charge is -2.11. The molecule has 5 heteroatoms. The molecule has 1 N–H and O–H groups in total. The van der Waals surface area contributed by atoms with Crippen LogP contribution in [0, 0.1) is 13.8 Å². The van der Waals surface area contributed by atoms with E-state index in [1.807, 2.05) is 25.1 Å². The molecule has 0 spiro atoms. The summed E-state index contributed by atoms with van der Waals surface area (Å²) in [5.41, 5.74) is 1.88. The van der Waals surface area contributed by atoms with Crippen molar-refractivity contribution in [3.8, 4) is 11.4 Å². The van der Waals surface area contributed by atoms with Crippen LogP contribution in [0.4, 0.5) is 0 Å². The summed E-state index contributed by atoms with van der Waals surface area (Å²) in [4.78, 5) is 14.9. The van der Waals surface area contributed by atoms with E-state index in [-0.39, 0.29) is 5.69 Å². The van der Waals surface area contributed by atoms with E-state index in [9.17, 15) is 4.79 Å². The van der Waals surface area contributed by atoms with Crippen LogP contribution in [0.1, 0.15) is 21.9 Å². The van der Waals surface area contributed by atoms with Crippen molar-refractivity contribution in [2.24, 2.45) is 0 Å². The summed E-state index contributed by atoms with van der Waals surface area (Å²) >= 11 is 0.